The molecule has 1 N–H and O–H groups in total. The van der Waals surface area contributed by atoms with E-state index in [1.807, 2.05) is 45.0 Å². The third-order valence-electron chi connectivity index (χ3n) is 4.42. The van der Waals surface area contributed by atoms with Gasteiger partial charge in [-0.3, -0.25) is 0 Å². The Morgan fingerprint density at radius 3 is 1.58 bits per heavy atom. The van der Waals surface area contributed by atoms with Gasteiger partial charge in [-0.1, -0.05) is 12.1 Å². The molecule has 208 valence electrons. The predicted octanol–water partition coefficient (Wildman–Crippen LogP) is 2.86. The maximum Gasteiger partial charge on any atom is 0.407 e. The summed E-state index contributed by atoms with van der Waals surface area (Å²) in [5.74, 6) is 0.776. The van der Waals surface area contributed by atoms with E-state index < -0.39 is 11.7 Å². The molecular weight excluding hydrogens is 470 g/mol. The molecule has 0 aromatic heterocycles. The minimum atomic E-state index is -0.494. The highest BCUT2D eigenvalue weighted by atomic mass is 16.6. The number of carbonyl (C=O) groups is 1. The largest absolute Gasteiger partial charge is 0.491 e. The van der Waals surface area contributed by atoms with Gasteiger partial charge in [0.05, 0.1) is 72.7 Å². The summed E-state index contributed by atoms with van der Waals surface area (Å²) in [5.41, 5.74) is 0.609. The Balaban J connectivity index is 1.88. The van der Waals surface area contributed by atoms with Crippen molar-refractivity contribution in [1.29, 1.82) is 0 Å². The first kappa shape index (κ1) is 32.1. The molecule has 0 bridgehead atoms. The van der Waals surface area contributed by atoms with Crippen LogP contribution in [0.1, 0.15) is 26.3 Å². The van der Waals surface area contributed by atoms with E-state index in [4.69, 9.17) is 37.9 Å². The maximum atomic E-state index is 11.7. The van der Waals surface area contributed by atoms with Crippen molar-refractivity contribution in [2.75, 3.05) is 92.9 Å². The summed E-state index contributed by atoms with van der Waals surface area (Å²) in [4.78, 5) is 11.7. The lowest BCUT2D eigenvalue weighted by molar-refractivity contribution is -0.0159. The molecule has 0 aliphatic carbocycles. The first-order chi connectivity index (χ1) is 17.4. The molecule has 36 heavy (non-hydrogen) atoms. The number of methoxy groups -OCH3 is 1. The minimum Gasteiger partial charge on any atom is -0.491 e. The highest BCUT2D eigenvalue weighted by molar-refractivity contribution is 5.67. The fourth-order valence-corrected chi connectivity index (χ4v) is 2.72. The molecular formula is C26H45NO9. The van der Waals surface area contributed by atoms with Crippen LogP contribution in [0.15, 0.2) is 24.3 Å². The lowest BCUT2D eigenvalue weighted by Crippen LogP contribution is -2.33. The zero-order valence-corrected chi connectivity index (χ0v) is 22.4. The molecule has 0 aliphatic rings. The molecule has 0 unspecified atom stereocenters. The lowest BCUT2D eigenvalue weighted by Gasteiger charge is -2.19. The second-order valence-corrected chi connectivity index (χ2v) is 8.73. The van der Waals surface area contributed by atoms with Gasteiger partial charge in [0.2, 0.25) is 0 Å². The zero-order chi connectivity index (χ0) is 26.3. The van der Waals surface area contributed by atoms with Gasteiger partial charge in [-0.25, -0.2) is 4.79 Å². The van der Waals surface area contributed by atoms with Crippen LogP contribution in [0.25, 0.3) is 0 Å². The Hall–Kier alpha value is -1.95. The van der Waals surface area contributed by atoms with Crippen molar-refractivity contribution in [2.45, 2.75) is 32.8 Å². The van der Waals surface area contributed by atoms with E-state index in [1.165, 1.54) is 0 Å². The molecule has 1 aromatic carbocycles. The van der Waals surface area contributed by atoms with Gasteiger partial charge in [0.1, 0.15) is 18.0 Å². The van der Waals surface area contributed by atoms with E-state index in [0.717, 1.165) is 11.3 Å². The van der Waals surface area contributed by atoms with Crippen LogP contribution < -0.4 is 10.1 Å². The number of benzene rings is 1. The van der Waals surface area contributed by atoms with Crippen molar-refractivity contribution < 1.29 is 42.7 Å². The first-order valence-electron chi connectivity index (χ1n) is 12.5. The summed E-state index contributed by atoms with van der Waals surface area (Å²) in [7, 11) is 1.64. The third-order valence-corrected chi connectivity index (χ3v) is 4.42. The average molecular weight is 516 g/mol. The Morgan fingerprint density at radius 2 is 1.14 bits per heavy atom. The van der Waals surface area contributed by atoms with Gasteiger partial charge in [0.15, 0.2) is 0 Å². The molecule has 0 aliphatic heterocycles. The summed E-state index contributed by atoms with van der Waals surface area (Å²) in [6.07, 6.45) is 0.311. The van der Waals surface area contributed by atoms with Crippen molar-refractivity contribution in [3.05, 3.63) is 29.8 Å². The Kier molecular flexibility index (Phi) is 18.9. The van der Waals surface area contributed by atoms with Gasteiger partial charge in [0.25, 0.3) is 0 Å². The fourth-order valence-electron chi connectivity index (χ4n) is 2.72. The molecule has 0 saturated heterocycles. The standard InChI is InChI=1S/C26H45NO9/c1-26(2,3)36-25(28)27-10-9-23-5-7-24(8-6-23)35-22-21-34-20-19-33-18-17-32-16-15-31-14-13-30-12-11-29-4/h5-8H,9-22H2,1-4H3,(H,27,28). The maximum absolute atomic E-state index is 11.7. The molecule has 0 fully saturated rings. The van der Waals surface area contributed by atoms with Crippen molar-refractivity contribution in [3.8, 4) is 5.75 Å². The van der Waals surface area contributed by atoms with Crippen LogP contribution in [0, 0.1) is 0 Å². The van der Waals surface area contributed by atoms with Crippen LogP contribution >= 0.6 is 0 Å². The van der Waals surface area contributed by atoms with E-state index in [2.05, 4.69) is 5.32 Å². The van der Waals surface area contributed by atoms with Crippen LogP contribution in [0.3, 0.4) is 0 Å². The summed E-state index contributed by atoms with van der Waals surface area (Å²) in [6.45, 7) is 12.3. The summed E-state index contributed by atoms with van der Waals surface area (Å²) < 4.78 is 42.9. The molecule has 1 aromatic rings. The van der Waals surface area contributed by atoms with E-state index in [1.54, 1.807) is 7.11 Å². The highest BCUT2D eigenvalue weighted by Gasteiger charge is 2.15. The molecule has 1 rings (SSSR count). The third kappa shape index (κ3) is 20.3. The zero-order valence-electron chi connectivity index (χ0n) is 22.4. The molecule has 0 heterocycles. The number of rotatable bonds is 22. The second-order valence-electron chi connectivity index (χ2n) is 8.73. The van der Waals surface area contributed by atoms with Crippen molar-refractivity contribution in [2.24, 2.45) is 0 Å². The van der Waals surface area contributed by atoms with Gasteiger partial charge in [-0.15, -0.1) is 0 Å². The van der Waals surface area contributed by atoms with Crippen molar-refractivity contribution in [3.63, 3.8) is 0 Å². The molecule has 0 radical (unpaired) electrons. The molecule has 10 heteroatoms. The first-order valence-corrected chi connectivity index (χ1v) is 12.5. The highest BCUT2D eigenvalue weighted by Crippen LogP contribution is 2.12. The molecule has 10 nitrogen and oxygen atoms in total. The Labute approximate surface area is 215 Å². The average Bonchev–Trinajstić information content (AvgIpc) is 2.83. The van der Waals surface area contributed by atoms with E-state index in [9.17, 15) is 4.79 Å². The van der Waals surface area contributed by atoms with Crippen LogP contribution in [-0.4, -0.2) is 105 Å². The normalized spacial score (nSPS) is 11.4. The number of ether oxygens (including phenoxy) is 8. The van der Waals surface area contributed by atoms with Crippen LogP contribution in [-0.2, 0) is 39.6 Å². The number of hydrogen-bond donors (Lipinski definition) is 1. The summed E-state index contributed by atoms with van der Waals surface area (Å²) in [5, 5.41) is 2.75. The van der Waals surface area contributed by atoms with Gasteiger partial charge in [-0.2, -0.15) is 0 Å². The fraction of sp³-hybridized carbons (Fsp3) is 0.731. The predicted molar refractivity (Wildman–Crippen MR) is 136 cm³/mol. The molecule has 0 spiro atoms. The quantitative estimate of drug-likeness (QED) is 0.234. The number of nitrogens with one attached hydrogen (secondary N) is 1. The van der Waals surface area contributed by atoms with E-state index >= 15 is 0 Å². The SMILES string of the molecule is COCCOCCOCCOCCOCCOCCOc1ccc(CCNC(=O)OC(C)(C)C)cc1. The number of alkyl carbamates (subject to hydrolysis) is 1. The lowest BCUT2D eigenvalue weighted by atomic mass is 10.1. The van der Waals surface area contributed by atoms with Gasteiger partial charge in [0, 0.05) is 13.7 Å². The summed E-state index contributed by atoms with van der Waals surface area (Å²) in [6, 6.07) is 7.78. The van der Waals surface area contributed by atoms with Crippen molar-refractivity contribution >= 4 is 6.09 Å². The van der Waals surface area contributed by atoms with Crippen LogP contribution in [0.4, 0.5) is 4.79 Å². The molecule has 0 saturated carbocycles. The number of carbonyl (C=O) groups excluding carboxylic acids is 1. The smallest absolute Gasteiger partial charge is 0.407 e. The van der Waals surface area contributed by atoms with Crippen molar-refractivity contribution in [1.82, 2.24) is 5.32 Å². The number of hydrogen-bond acceptors (Lipinski definition) is 9. The van der Waals surface area contributed by atoms with Crippen LogP contribution in [0.5, 0.6) is 5.75 Å². The molecule has 1 amide bonds. The number of amides is 1. The minimum absolute atomic E-state index is 0.404. The second kappa shape index (κ2) is 21.2. The Bertz CT molecular complexity index is 650. The van der Waals surface area contributed by atoms with E-state index in [-0.39, 0.29) is 0 Å². The van der Waals surface area contributed by atoms with Crippen LogP contribution in [0.2, 0.25) is 0 Å². The van der Waals surface area contributed by atoms with Gasteiger partial charge >= 0.3 is 6.09 Å². The Morgan fingerprint density at radius 1 is 0.694 bits per heavy atom. The summed E-state index contributed by atoms with van der Waals surface area (Å²) >= 11 is 0. The monoisotopic (exact) mass is 515 g/mol. The van der Waals surface area contributed by atoms with Gasteiger partial charge < -0.3 is 43.2 Å². The topological polar surface area (TPSA) is 103 Å². The molecule has 0 atom stereocenters. The van der Waals surface area contributed by atoms with E-state index in [0.29, 0.717) is 92.2 Å². The van der Waals surface area contributed by atoms with Gasteiger partial charge in [-0.05, 0) is 44.9 Å².